The van der Waals surface area contributed by atoms with E-state index in [0.717, 1.165) is 0 Å². The van der Waals surface area contributed by atoms with Crippen molar-refractivity contribution >= 4 is 5.97 Å². The van der Waals surface area contributed by atoms with E-state index in [4.69, 9.17) is 5.11 Å². The van der Waals surface area contributed by atoms with Gasteiger partial charge in [0, 0.05) is 19.3 Å². The highest BCUT2D eigenvalue weighted by atomic mass is 19.3. The van der Waals surface area contributed by atoms with Crippen molar-refractivity contribution in [3.8, 4) is 0 Å². The molecule has 1 aliphatic rings. The van der Waals surface area contributed by atoms with Crippen LogP contribution in [-0.2, 0) is 4.79 Å². The minimum Gasteiger partial charge on any atom is -0.481 e. The Hall–Kier alpha value is -0.670. The van der Waals surface area contributed by atoms with Crippen molar-refractivity contribution in [2.45, 2.75) is 45.5 Å². The SMILES string of the molecule is CC1(C)CC(CC(=O)O)CC(F)(F)C1. The Morgan fingerprint density at radius 1 is 1.43 bits per heavy atom. The van der Waals surface area contributed by atoms with Crippen LogP contribution in [0.15, 0.2) is 0 Å². The van der Waals surface area contributed by atoms with Gasteiger partial charge in [-0.1, -0.05) is 13.8 Å². The van der Waals surface area contributed by atoms with Crippen molar-refractivity contribution in [1.29, 1.82) is 0 Å². The van der Waals surface area contributed by atoms with E-state index in [-0.39, 0.29) is 25.2 Å². The molecule has 0 aromatic carbocycles. The van der Waals surface area contributed by atoms with Crippen LogP contribution in [0.4, 0.5) is 8.78 Å². The number of rotatable bonds is 2. The van der Waals surface area contributed by atoms with Crippen LogP contribution >= 0.6 is 0 Å². The Labute approximate surface area is 82.3 Å². The lowest BCUT2D eigenvalue weighted by Crippen LogP contribution is -2.37. The average molecular weight is 206 g/mol. The van der Waals surface area contributed by atoms with E-state index in [2.05, 4.69) is 0 Å². The van der Waals surface area contributed by atoms with Gasteiger partial charge < -0.3 is 5.11 Å². The number of halogens is 2. The third-order valence-corrected chi connectivity index (χ3v) is 2.63. The monoisotopic (exact) mass is 206 g/mol. The number of hydrogen-bond acceptors (Lipinski definition) is 1. The quantitative estimate of drug-likeness (QED) is 0.754. The Bertz CT molecular complexity index is 220. The molecule has 1 fully saturated rings. The van der Waals surface area contributed by atoms with Crippen molar-refractivity contribution in [2.75, 3.05) is 0 Å². The van der Waals surface area contributed by atoms with Crippen molar-refractivity contribution < 1.29 is 18.7 Å². The van der Waals surface area contributed by atoms with Crippen LogP contribution in [0.3, 0.4) is 0 Å². The Balaban J connectivity index is 2.66. The molecule has 1 atom stereocenters. The van der Waals surface area contributed by atoms with Gasteiger partial charge >= 0.3 is 5.97 Å². The van der Waals surface area contributed by atoms with Gasteiger partial charge in [0.2, 0.25) is 5.92 Å². The largest absolute Gasteiger partial charge is 0.481 e. The molecule has 0 aliphatic heterocycles. The fraction of sp³-hybridized carbons (Fsp3) is 0.900. The van der Waals surface area contributed by atoms with Gasteiger partial charge in [-0.3, -0.25) is 4.79 Å². The molecule has 0 radical (unpaired) electrons. The van der Waals surface area contributed by atoms with Crippen LogP contribution in [0, 0.1) is 11.3 Å². The molecule has 1 aliphatic carbocycles. The van der Waals surface area contributed by atoms with Gasteiger partial charge in [-0.2, -0.15) is 0 Å². The summed E-state index contributed by atoms with van der Waals surface area (Å²) in [6, 6.07) is 0. The molecular formula is C10H16F2O2. The van der Waals surface area contributed by atoms with Gasteiger partial charge in [0.25, 0.3) is 0 Å². The predicted octanol–water partition coefficient (Wildman–Crippen LogP) is 2.92. The normalized spacial score (nSPS) is 29.9. The molecule has 0 spiro atoms. The standard InChI is InChI=1S/C10H16F2O2/c1-9(2)4-7(3-8(13)14)5-10(11,12)6-9/h7H,3-6H2,1-2H3,(H,13,14). The van der Waals surface area contributed by atoms with Gasteiger partial charge in [-0.05, 0) is 17.8 Å². The topological polar surface area (TPSA) is 37.3 Å². The molecule has 0 aromatic heterocycles. The van der Waals surface area contributed by atoms with E-state index in [9.17, 15) is 13.6 Å². The molecule has 4 heteroatoms. The highest BCUT2D eigenvalue weighted by molar-refractivity contribution is 5.67. The zero-order chi connectivity index (χ0) is 11.0. The first-order valence-electron chi connectivity index (χ1n) is 4.80. The molecule has 0 amide bonds. The summed E-state index contributed by atoms with van der Waals surface area (Å²) >= 11 is 0. The Morgan fingerprint density at radius 2 is 2.00 bits per heavy atom. The van der Waals surface area contributed by atoms with E-state index in [1.54, 1.807) is 13.8 Å². The zero-order valence-electron chi connectivity index (χ0n) is 8.52. The maximum atomic E-state index is 13.2. The van der Waals surface area contributed by atoms with Crippen LogP contribution in [0.2, 0.25) is 0 Å². The van der Waals surface area contributed by atoms with Crippen LogP contribution in [-0.4, -0.2) is 17.0 Å². The van der Waals surface area contributed by atoms with E-state index >= 15 is 0 Å². The van der Waals surface area contributed by atoms with Gasteiger partial charge in [0.15, 0.2) is 0 Å². The summed E-state index contributed by atoms with van der Waals surface area (Å²) in [5.74, 6) is -4.06. The molecule has 0 aromatic rings. The van der Waals surface area contributed by atoms with Crippen LogP contribution in [0.1, 0.15) is 39.5 Å². The zero-order valence-corrected chi connectivity index (χ0v) is 8.52. The second kappa shape index (κ2) is 3.48. The van der Waals surface area contributed by atoms with Gasteiger partial charge in [-0.15, -0.1) is 0 Å². The molecule has 1 saturated carbocycles. The lowest BCUT2D eigenvalue weighted by atomic mass is 9.69. The maximum absolute atomic E-state index is 13.2. The van der Waals surface area contributed by atoms with Crippen LogP contribution in [0.5, 0.6) is 0 Å². The van der Waals surface area contributed by atoms with Crippen molar-refractivity contribution in [3.63, 3.8) is 0 Å². The average Bonchev–Trinajstić information content (AvgIpc) is 1.74. The molecule has 1 N–H and O–H groups in total. The predicted molar refractivity (Wildman–Crippen MR) is 48.3 cm³/mol. The molecule has 0 saturated heterocycles. The lowest BCUT2D eigenvalue weighted by Gasteiger charge is -2.39. The first-order valence-corrected chi connectivity index (χ1v) is 4.80. The number of carboxylic acid groups (broad SMARTS) is 1. The van der Waals surface area contributed by atoms with Gasteiger partial charge in [0.05, 0.1) is 0 Å². The van der Waals surface area contributed by atoms with Crippen molar-refractivity contribution in [2.24, 2.45) is 11.3 Å². The van der Waals surface area contributed by atoms with E-state index in [0.29, 0.717) is 6.42 Å². The Kier molecular flexibility index (Phi) is 2.83. The number of aliphatic carboxylic acids is 1. The first kappa shape index (κ1) is 11.4. The summed E-state index contributed by atoms with van der Waals surface area (Å²) in [7, 11) is 0. The smallest absolute Gasteiger partial charge is 0.303 e. The first-order chi connectivity index (χ1) is 6.20. The fourth-order valence-electron chi connectivity index (χ4n) is 2.51. The molecule has 0 bridgehead atoms. The van der Waals surface area contributed by atoms with Crippen LogP contribution in [0.25, 0.3) is 0 Å². The Morgan fingerprint density at radius 3 is 2.43 bits per heavy atom. The molecule has 1 rings (SSSR count). The molecule has 2 nitrogen and oxygen atoms in total. The fourth-order valence-corrected chi connectivity index (χ4v) is 2.51. The number of carboxylic acids is 1. The van der Waals surface area contributed by atoms with Gasteiger partial charge in [-0.25, -0.2) is 8.78 Å². The summed E-state index contributed by atoms with van der Waals surface area (Å²) in [4.78, 5) is 10.4. The number of hydrogen-bond donors (Lipinski definition) is 1. The maximum Gasteiger partial charge on any atom is 0.303 e. The molecule has 1 unspecified atom stereocenters. The summed E-state index contributed by atoms with van der Waals surface area (Å²) in [6.45, 7) is 3.55. The van der Waals surface area contributed by atoms with Crippen molar-refractivity contribution in [1.82, 2.24) is 0 Å². The molecule has 0 heterocycles. The molecule has 82 valence electrons. The molecule has 14 heavy (non-hydrogen) atoms. The third-order valence-electron chi connectivity index (χ3n) is 2.63. The third kappa shape index (κ3) is 3.24. The minimum absolute atomic E-state index is 0.129. The second-order valence-electron chi connectivity index (χ2n) is 5.07. The summed E-state index contributed by atoms with van der Waals surface area (Å²) < 4.78 is 26.4. The van der Waals surface area contributed by atoms with E-state index in [1.807, 2.05) is 0 Å². The second-order valence-corrected chi connectivity index (χ2v) is 5.07. The number of alkyl halides is 2. The van der Waals surface area contributed by atoms with E-state index < -0.39 is 17.3 Å². The summed E-state index contributed by atoms with van der Waals surface area (Å²) in [5, 5.41) is 8.56. The highest BCUT2D eigenvalue weighted by Gasteiger charge is 2.45. The lowest BCUT2D eigenvalue weighted by molar-refractivity contribution is -0.141. The minimum atomic E-state index is -2.69. The van der Waals surface area contributed by atoms with Crippen molar-refractivity contribution in [3.05, 3.63) is 0 Å². The summed E-state index contributed by atoms with van der Waals surface area (Å²) in [6.07, 6.45) is 0.0345. The van der Waals surface area contributed by atoms with Gasteiger partial charge in [0.1, 0.15) is 0 Å². The highest BCUT2D eigenvalue weighted by Crippen LogP contribution is 2.47. The number of carbonyl (C=O) groups is 1. The molecular weight excluding hydrogens is 190 g/mol. The summed E-state index contributed by atoms with van der Waals surface area (Å²) in [5.41, 5.74) is -0.443. The van der Waals surface area contributed by atoms with E-state index in [1.165, 1.54) is 0 Å². The van der Waals surface area contributed by atoms with Crippen LogP contribution < -0.4 is 0 Å².